The molecular formula is C15H31NO. The van der Waals surface area contributed by atoms with Crippen LogP contribution in [0.4, 0.5) is 0 Å². The zero-order valence-electron chi connectivity index (χ0n) is 12.2. The van der Waals surface area contributed by atoms with E-state index < -0.39 is 0 Å². The van der Waals surface area contributed by atoms with E-state index in [4.69, 9.17) is 5.73 Å². The van der Waals surface area contributed by atoms with Crippen molar-refractivity contribution in [1.82, 2.24) is 0 Å². The van der Waals surface area contributed by atoms with Gasteiger partial charge in [-0.15, -0.1) is 0 Å². The van der Waals surface area contributed by atoms with Gasteiger partial charge in [0.15, 0.2) is 0 Å². The van der Waals surface area contributed by atoms with Crippen molar-refractivity contribution in [2.45, 2.75) is 66.2 Å². The Morgan fingerprint density at radius 2 is 1.65 bits per heavy atom. The highest BCUT2D eigenvalue weighted by molar-refractivity contribution is 5.78. The largest absolute Gasteiger partial charge is 0.330 e. The predicted octanol–water partition coefficient (Wildman–Crippen LogP) is 3.78. The normalized spacial score (nSPS) is 13.4. The lowest BCUT2D eigenvalue weighted by Crippen LogP contribution is -2.15. The zero-order chi connectivity index (χ0) is 13.3. The highest BCUT2D eigenvalue weighted by Crippen LogP contribution is 2.21. The molecule has 1 atom stereocenters. The van der Waals surface area contributed by atoms with Gasteiger partial charge >= 0.3 is 0 Å². The molecule has 0 radical (unpaired) electrons. The summed E-state index contributed by atoms with van der Waals surface area (Å²) in [5.74, 6) is 2.41. The van der Waals surface area contributed by atoms with Gasteiger partial charge in [-0.3, -0.25) is 4.79 Å². The molecule has 0 aromatic carbocycles. The van der Waals surface area contributed by atoms with Gasteiger partial charge in [-0.05, 0) is 43.6 Å². The molecule has 0 aromatic heterocycles. The van der Waals surface area contributed by atoms with E-state index in [1.54, 1.807) is 0 Å². The maximum atomic E-state index is 11.7. The standard InChI is InChI=1S/C15H31NO/c1-12(2)6-5-7-15(17)9-8-14(10-11-16)13(3)4/h12-14H,5-11,16H2,1-4H3. The molecule has 0 saturated heterocycles. The summed E-state index contributed by atoms with van der Waals surface area (Å²) in [4.78, 5) is 11.7. The zero-order valence-corrected chi connectivity index (χ0v) is 12.2. The molecule has 2 heteroatoms. The van der Waals surface area contributed by atoms with E-state index in [9.17, 15) is 4.79 Å². The second kappa shape index (κ2) is 9.64. The third-order valence-corrected chi connectivity index (χ3v) is 3.51. The van der Waals surface area contributed by atoms with Gasteiger partial charge in [-0.2, -0.15) is 0 Å². The van der Waals surface area contributed by atoms with Crippen LogP contribution in [0.15, 0.2) is 0 Å². The molecule has 0 aliphatic heterocycles. The molecule has 102 valence electrons. The molecule has 0 aliphatic carbocycles. The fourth-order valence-electron chi connectivity index (χ4n) is 2.20. The molecule has 2 N–H and O–H groups in total. The van der Waals surface area contributed by atoms with Crippen molar-refractivity contribution in [2.24, 2.45) is 23.5 Å². The molecule has 0 saturated carbocycles. The molecule has 0 bridgehead atoms. The summed E-state index contributed by atoms with van der Waals surface area (Å²) in [7, 11) is 0. The number of nitrogens with two attached hydrogens (primary N) is 1. The lowest BCUT2D eigenvalue weighted by atomic mass is 9.87. The van der Waals surface area contributed by atoms with E-state index in [0.29, 0.717) is 23.5 Å². The lowest BCUT2D eigenvalue weighted by molar-refractivity contribution is -0.119. The summed E-state index contributed by atoms with van der Waals surface area (Å²) in [6, 6.07) is 0. The Labute approximate surface area is 107 Å². The molecule has 2 nitrogen and oxygen atoms in total. The van der Waals surface area contributed by atoms with Crippen molar-refractivity contribution in [2.75, 3.05) is 6.54 Å². The van der Waals surface area contributed by atoms with Gasteiger partial charge in [0.05, 0.1) is 0 Å². The van der Waals surface area contributed by atoms with Crippen LogP contribution in [0.25, 0.3) is 0 Å². The maximum Gasteiger partial charge on any atom is 0.132 e. The van der Waals surface area contributed by atoms with E-state index in [0.717, 1.165) is 38.6 Å². The summed E-state index contributed by atoms with van der Waals surface area (Å²) in [5.41, 5.74) is 5.60. The van der Waals surface area contributed by atoms with Gasteiger partial charge in [-0.25, -0.2) is 0 Å². The van der Waals surface area contributed by atoms with Gasteiger partial charge in [0, 0.05) is 12.8 Å². The van der Waals surface area contributed by atoms with Crippen molar-refractivity contribution in [3.63, 3.8) is 0 Å². The highest BCUT2D eigenvalue weighted by atomic mass is 16.1. The molecule has 17 heavy (non-hydrogen) atoms. The smallest absolute Gasteiger partial charge is 0.132 e. The third-order valence-electron chi connectivity index (χ3n) is 3.51. The summed E-state index contributed by atoms with van der Waals surface area (Å²) < 4.78 is 0. The van der Waals surface area contributed by atoms with Gasteiger partial charge in [0.2, 0.25) is 0 Å². The van der Waals surface area contributed by atoms with E-state index in [1.165, 1.54) is 6.42 Å². The Morgan fingerprint density at radius 1 is 1.00 bits per heavy atom. The van der Waals surface area contributed by atoms with Gasteiger partial charge in [0.25, 0.3) is 0 Å². The van der Waals surface area contributed by atoms with Crippen LogP contribution >= 0.6 is 0 Å². The molecule has 0 aliphatic rings. The quantitative estimate of drug-likeness (QED) is 0.632. The summed E-state index contributed by atoms with van der Waals surface area (Å²) >= 11 is 0. The third kappa shape index (κ3) is 9.34. The Hall–Kier alpha value is -0.370. The van der Waals surface area contributed by atoms with E-state index in [1.807, 2.05) is 0 Å². The minimum absolute atomic E-state index is 0.438. The van der Waals surface area contributed by atoms with Crippen LogP contribution in [0.5, 0.6) is 0 Å². The monoisotopic (exact) mass is 241 g/mol. The molecule has 0 heterocycles. The molecule has 0 aromatic rings. The molecule has 0 amide bonds. The average Bonchev–Trinajstić information content (AvgIpc) is 2.23. The van der Waals surface area contributed by atoms with Crippen molar-refractivity contribution in [3.05, 3.63) is 0 Å². The predicted molar refractivity (Wildman–Crippen MR) is 74.9 cm³/mol. The van der Waals surface area contributed by atoms with E-state index in [-0.39, 0.29) is 0 Å². The van der Waals surface area contributed by atoms with Gasteiger partial charge < -0.3 is 5.73 Å². The van der Waals surface area contributed by atoms with Crippen molar-refractivity contribution in [3.8, 4) is 0 Å². The van der Waals surface area contributed by atoms with E-state index >= 15 is 0 Å². The fourth-order valence-corrected chi connectivity index (χ4v) is 2.20. The first-order chi connectivity index (χ1) is 7.97. The second-order valence-electron chi connectivity index (χ2n) is 5.94. The van der Waals surface area contributed by atoms with Crippen LogP contribution in [0.1, 0.15) is 66.2 Å². The Morgan fingerprint density at radius 3 is 2.12 bits per heavy atom. The minimum atomic E-state index is 0.438. The highest BCUT2D eigenvalue weighted by Gasteiger charge is 2.14. The lowest BCUT2D eigenvalue weighted by Gasteiger charge is -2.19. The van der Waals surface area contributed by atoms with Crippen LogP contribution in [0.3, 0.4) is 0 Å². The van der Waals surface area contributed by atoms with Crippen LogP contribution in [-0.4, -0.2) is 12.3 Å². The number of carbonyl (C=O) groups is 1. The van der Waals surface area contributed by atoms with Crippen molar-refractivity contribution in [1.29, 1.82) is 0 Å². The summed E-state index contributed by atoms with van der Waals surface area (Å²) in [5, 5.41) is 0. The van der Waals surface area contributed by atoms with Crippen LogP contribution in [0.2, 0.25) is 0 Å². The molecule has 1 unspecified atom stereocenters. The second-order valence-corrected chi connectivity index (χ2v) is 5.94. The van der Waals surface area contributed by atoms with Crippen LogP contribution in [0, 0.1) is 17.8 Å². The van der Waals surface area contributed by atoms with Gasteiger partial charge in [0.1, 0.15) is 5.78 Å². The summed E-state index contributed by atoms with van der Waals surface area (Å²) in [6.45, 7) is 9.61. The van der Waals surface area contributed by atoms with Crippen LogP contribution < -0.4 is 5.73 Å². The van der Waals surface area contributed by atoms with Crippen molar-refractivity contribution < 1.29 is 4.79 Å². The average molecular weight is 241 g/mol. The minimum Gasteiger partial charge on any atom is -0.330 e. The SMILES string of the molecule is CC(C)CCCC(=O)CCC(CCN)C(C)C. The molecular weight excluding hydrogens is 210 g/mol. The first-order valence-corrected chi connectivity index (χ1v) is 7.19. The number of ketones is 1. The molecule has 0 rings (SSSR count). The number of Topliss-reactive ketones (excluding diaryl/α,β-unsaturated/α-hetero) is 1. The topological polar surface area (TPSA) is 43.1 Å². The Kier molecular flexibility index (Phi) is 9.43. The van der Waals surface area contributed by atoms with Gasteiger partial charge in [-0.1, -0.05) is 34.1 Å². The number of carbonyl (C=O) groups excluding carboxylic acids is 1. The number of hydrogen-bond donors (Lipinski definition) is 1. The molecule has 0 fully saturated rings. The first kappa shape index (κ1) is 16.6. The first-order valence-electron chi connectivity index (χ1n) is 7.19. The summed E-state index contributed by atoms with van der Waals surface area (Å²) in [6.07, 6.45) is 5.82. The maximum absolute atomic E-state index is 11.7. The number of rotatable bonds is 10. The van der Waals surface area contributed by atoms with E-state index in [2.05, 4.69) is 27.7 Å². The Balaban J connectivity index is 3.72. The fraction of sp³-hybridized carbons (Fsp3) is 0.933. The number of hydrogen-bond acceptors (Lipinski definition) is 2. The van der Waals surface area contributed by atoms with Crippen LogP contribution in [-0.2, 0) is 4.79 Å². The Bertz CT molecular complexity index is 199. The van der Waals surface area contributed by atoms with Crippen molar-refractivity contribution >= 4 is 5.78 Å². The molecule has 0 spiro atoms.